The summed E-state index contributed by atoms with van der Waals surface area (Å²) in [4.78, 5) is 81.4. The van der Waals surface area contributed by atoms with Gasteiger partial charge in [0.25, 0.3) is 5.91 Å². The molecule has 0 saturated carbocycles. The predicted octanol–water partition coefficient (Wildman–Crippen LogP) is 8.28. The standard InChI is InChI=1S/C59H104N4O15S2/c1-41(73-18)38-78-57(12,13)28-33-60-47(64)26-24-45(51(69)61-34-29-56(10,11)77-35-30-55(8,9)74-19)63-52(70)46(25-27-48(65)66)62-50(68)43-22-20-42(21-23-43)49(67)44(39-79-58(14,15)31-36-75-53(2,3)4)40-80(71,72)59(16,17)32-37-76-54(5,6)7/h20-23,41,44-46H,24-40H2,1-19H3,(H,60,64)(H,61,69)(H,62,68)(H,63,70)(H,65,66)/t41?,44?,45-,46-/m0/s1. The summed E-state index contributed by atoms with van der Waals surface area (Å²) in [5.74, 6) is -5.49. The van der Waals surface area contributed by atoms with Crippen molar-refractivity contribution in [3.05, 3.63) is 35.4 Å². The van der Waals surface area contributed by atoms with Gasteiger partial charge in [-0.05, 0) is 161 Å². The van der Waals surface area contributed by atoms with Gasteiger partial charge in [-0.2, -0.15) is 11.8 Å². The van der Waals surface area contributed by atoms with Crippen molar-refractivity contribution in [3.63, 3.8) is 0 Å². The summed E-state index contributed by atoms with van der Waals surface area (Å²) in [6.07, 6.45) is 1.08. The maximum Gasteiger partial charge on any atom is 0.303 e. The van der Waals surface area contributed by atoms with Gasteiger partial charge >= 0.3 is 5.97 Å². The number of rotatable bonds is 40. The molecule has 5 N–H and O–H groups in total. The number of aliphatic carboxylic acids is 1. The largest absolute Gasteiger partial charge is 0.481 e. The summed E-state index contributed by atoms with van der Waals surface area (Å²) in [7, 11) is -0.664. The number of hydrogen-bond acceptors (Lipinski definition) is 15. The second kappa shape index (κ2) is 33.0. The van der Waals surface area contributed by atoms with Crippen LogP contribution in [0.1, 0.15) is 196 Å². The van der Waals surface area contributed by atoms with Crippen molar-refractivity contribution in [2.75, 3.05) is 65.2 Å². The molecule has 0 bridgehead atoms. The zero-order valence-electron chi connectivity index (χ0n) is 52.1. The molecule has 0 aliphatic rings. The van der Waals surface area contributed by atoms with E-state index in [0.29, 0.717) is 45.5 Å². The van der Waals surface area contributed by atoms with Crippen LogP contribution in [0.15, 0.2) is 24.3 Å². The Labute approximate surface area is 484 Å². The van der Waals surface area contributed by atoms with Gasteiger partial charge in [-0.1, -0.05) is 26.0 Å². The maximum atomic E-state index is 14.4. The molecule has 80 heavy (non-hydrogen) atoms. The molecule has 1 aromatic rings. The Morgan fingerprint density at radius 1 is 0.600 bits per heavy atom. The lowest BCUT2D eigenvalue weighted by molar-refractivity contribution is -0.137. The number of carboxylic acid groups (broad SMARTS) is 1. The highest BCUT2D eigenvalue weighted by atomic mass is 32.2. The number of Topliss-reactive ketones (excluding diaryl/α,β-unsaturated/α-hetero) is 1. The molecule has 1 rings (SSSR count). The number of nitrogens with one attached hydrogen (secondary N) is 4. The first kappa shape index (κ1) is 74.3. The molecule has 0 heterocycles. The molecule has 21 heteroatoms. The van der Waals surface area contributed by atoms with Gasteiger partial charge in [0.15, 0.2) is 15.6 Å². The van der Waals surface area contributed by atoms with Crippen LogP contribution in [0.3, 0.4) is 0 Å². The van der Waals surface area contributed by atoms with E-state index in [1.165, 1.54) is 36.0 Å². The molecule has 0 aliphatic carbocycles. The van der Waals surface area contributed by atoms with E-state index in [0.717, 1.165) is 0 Å². The minimum Gasteiger partial charge on any atom is -0.481 e. The second-order valence-corrected chi connectivity index (χ2v) is 30.2. The van der Waals surface area contributed by atoms with E-state index in [1.54, 1.807) is 28.1 Å². The molecule has 4 amide bonds. The lowest BCUT2D eigenvalue weighted by Crippen LogP contribution is -2.54. The normalized spacial score (nSPS) is 14.6. The SMILES string of the molecule is COC(C)COC(C)(C)CCNC(=O)CC[C@H](NC(=O)[C@H](CCC(=O)O)NC(=O)c1ccc(C(=O)C(CSC(C)(C)CCOC(C)(C)C)CS(=O)(=O)C(C)(C)CCOC(C)(C)C)cc1)C(=O)NCCC(C)(C)OCCC(C)(C)OC. The Kier molecular flexibility index (Phi) is 30.6. The maximum absolute atomic E-state index is 14.4. The van der Waals surface area contributed by atoms with E-state index >= 15 is 0 Å². The average molecular weight is 1170 g/mol. The fourth-order valence-electron chi connectivity index (χ4n) is 7.50. The molecule has 462 valence electrons. The fraction of sp³-hybridized carbons (Fsp3) is 0.797. The van der Waals surface area contributed by atoms with Crippen molar-refractivity contribution < 1.29 is 70.7 Å². The molecule has 4 atom stereocenters. The number of ketones is 1. The molecule has 1 aromatic carbocycles. The number of methoxy groups -OCH3 is 2. The van der Waals surface area contributed by atoms with Gasteiger partial charge in [-0.25, -0.2) is 8.42 Å². The van der Waals surface area contributed by atoms with Gasteiger partial charge in [0, 0.05) is 80.9 Å². The molecule has 0 spiro atoms. The number of thioether (sulfide) groups is 1. The van der Waals surface area contributed by atoms with Crippen molar-refractivity contribution in [2.24, 2.45) is 5.92 Å². The van der Waals surface area contributed by atoms with Crippen LogP contribution in [0.5, 0.6) is 0 Å². The Hall–Kier alpha value is -3.70. The molecular formula is C59H104N4O15S2. The predicted molar refractivity (Wildman–Crippen MR) is 316 cm³/mol. The number of carboxylic acids is 1. The number of hydrogen-bond donors (Lipinski definition) is 5. The lowest BCUT2D eigenvalue weighted by atomic mass is 9.99. The molecule has 0 fully saturated rings. The van der Waals surface area contributed by atoms with Crippen LogP contribution >= 0.6 is 11.8 Å². The zero-order valence-corrected chi connectivity index (χ0v) is 53.8. The Bertz CT molecular complexity index is 2220. The minimum atomic E-state index is -3.89. The van der Waals surface area contributed by atoms with Crippen molar-refractivity contribution >= 4 is 57.0 Å². The molecule has 2 unspecified atom stereocenters. The van der Waals surface area contributed by atoms with Gasteiger partial charge < -0.3 is 54.8 Å². The Morgan fingerprint density at radius 2 is 1.10 bits per heavy atom. The van der Waals surface area contributed by atoms with E-state index in [4.69, 9.17) is 28.4 Å². The number of carbonyl (C=O) groups is 6. The van der Waals surface area contributed by atoms with Crippen LogP contribution in [0, 0.1) is 5.92 Å². The van der Waals surface area contributed by atoms with Gasteiger partial charge in [-0.15, -0.1) is 0 Å². The van der Waals surface area contributed by atoms with Gasteiger partial charge in [0.2, 0.25) is 17.7 Å². The number of amides is 4. The molecule has 0 radical (unpaired) electrons. The lowest BCUT2D eigenvalue weighted by Gasteiger charge is -2.31. The summed E-state index contributed by atoms with van der Waals surface area (Å²) in [5.41, 5.74) is -2.23. The third kappa shape index (κ3) is 31.1. The van der Waals surface area contributed by atoms with Gasteiger partial charge in [-0.3, -0.25) is 28.8 Å². The number of ether oxygens (including phenoxy) is 6. The molecule has 19 nitrogen and oxygen atoms in total. The third-order valence-electron chi connectivity index (χ3n) is 13.7. The highest BCUT2D eigenvalue weighted by Gasteiger charge is 2.39. The molecule has 0 aromatic heterocycles. The first-order valence-corrected chi connectivity index (χ1v) is 30.7. The number of carbonyl (C=O) groups excluding carboxylic acids is 5. The first-order valence-electron chi connectivity index (χ1n) is 28.1. The van der Waals surface area contributed by atoms with E-state index < -0.39 is 91.0 Å². The van der Waals surface area contributed by atoms with Crippen molar-refractivity contribution in [2.45, 2.75) is 231 Å². The minimum absolute atomic E-state index is 0.0246. The van der Waals surface area contributed by atoms with Crippen LogP contribution in [0.4, 0.5) is 0 Å². The average Bonchev–Trinajstić information content (AvgIpc) is 3.32. The number of benzene rings is 1. The zero-order chi connectivity index (χ0) is 61.6. The van der Waals surface area contributed by atoms with E-state index in [-0.39, 0.29) is 90.2 Å². The van der Waals surface area contributed by atoms with Crippen LogP contribution in [0.25, 0.3) is 0 Å². The van der Waals surface area contributed by atoms with Crippen molar-refractivity contribution in [1.29, 1.82) is 0 Å². The summed E-state index contributed by atoms with van der Waals surface area (Å²) in [6, 6.07) is 2.88. The van der Waals surface area contributed by atoms with Gasteiger partial charge in [0.05, 0.1) is 57.8 Å². The van der Waals surface area contributed by atoms with E-state index in [2.05, 4.69) is 21.3 Å². The highest BCUT2D eigenvalue weighted by Crippen LogP contribution is 2.34. The fourth-order valence-corrected chi connectivity index (χ4v) is 10.4. The monoisotopic (exact) mass is 1170 g/mol. The van der Waals surface area contributed by atoms with Crippen LogP contribution < -0.4 is 21.3 Å². The Morgan fingerprint density at radius 3 is 1.64 bits per heavy atom. The first-order chi connectivity index (χ1) is 36.5. The topological polar surface area (TPSA) is 260 Å². The summed E-state index contributed by atoms with van der Waals surface area (Å²) < 4.78 is 61.4. The quantitative estimate of drug-likeness (QED) is 0.0387. The summed E-state index contributed by atoms with van der Waals surface area (Å²) in [5, 5.41) is 20.6. The van der Waals surface area contributed by atoms with E-state index in [1.807, 2.05) is 104 Å². The van der Waals surface area contributed by atoms with Crippen molar-refractivity contribution in [3.8, 4) is 0 Å². The summed E-state index contributed by atoms with van der Waals surface area (Å²) in [6.45, 7) is 34.1. The van der Waals surface area contributed by atoms with Crippen molar-refractivity contribution in [1.82, 2.24) is 21.3 Å². The molecule has 0 aliphatic heterocycles. The summed E-state index contributed by atoms with van der Waals surface area (Å²) >= 11 is 1.49. The van der Waals surface area contributed by atoms with Crippen LogP contribution in [0.2, 0.25) is 0 Å². The molecular weight excluding hydrogens is 1070 g/mol. The highest BCUT2D eigenvalue weighted by molar-refractivity contribution is 8.00. The molecule has 0 saturated heterocycles. The van der Waals surface area contributed by atoms with Crippen LogP contribution in [-0.2, 0) is 57.4 Å². The second-order valence-electron chi connectivity index (χ2n) is 25.8. The third-order valence-corrected chi connectivity index (χ3v) is 18.0. The Balaban J connectivity index is 3.46. The van der Waals surface area contributed by atoms with Crippen LogP contribution in [-0.4, -0.2) is 170 Å². The van der Waals surface area contributed by atoms with Gasteiger partial charge in [0.1, 0.15) is 12.1 Å². The number of sulfone groups is 1. The van der Waals surface area contributed by atoms with E-state index in [9.17, 15) is 42.3 Å². The smallest absolute Gasteiger partial charge is 0.303 e.